The Kier molecular flexibility index (Phi) is 6.07. The van der Waals surface area contributed by atoms with Gasteiger partial charge in [-0.3, -0.25) is 4.79 Å². The molecule has 2 heterocycles. The molecule has 5 nitrogen and oxygen atoms in total. The van der Waals surface area contributed by atoms with Crippen LogP contribution in [0.25, 0.3) is 11.0 Å². The molecular formula is C27H26FN3O2. The van der Waals surface area contributed by atoms with Crippen molar-refractivity contribution in [2.45, 2.75) is 31.7 Å². The summed E-state index contributed by atoms with van der Waals surface area (Å²) in [4.78, 5) is 19.4. The molecule has 0 aliphatic carbocycles. The third-order valence-electron chi connectivity index (χ3n) is 6.10. The number of hydrogen-bond donors (Lipinski definition) is 0. The number of nitrogens with zero attached hydrogens (tertiary/aromatic N) is 3. The highest BCUT2D eigenvalue weighted by atomic mass is 19.1. The van der Waals surface area contributed by atoms with Crippen molar-refractivity contribution in [1.82, 2.24) is 9.55 Å². The van der Waals surface area contributed by atoms with Gasteiger partial charge in [0.1, 0.15) is 17.4 Å². The van der Waals surface area contributed by atoms with Crippen molar-refractivity contribution in [3.63, 3.8) is 0 Å². The van der Waals surface area contributed by atoms with E-state index in [2.05, 4.69) is 10.6 Å². The maximum absolute atomic E-state index is 13.3. The van der Waals surface area contributed by atoms with Gasteiger partial charge >= 0.3 is 0 Å². The van der Waals surface area contributed by atoms with Crippen LogP contribution < -0.4 is 9.64 Å². The van der Waals surface area contributed by atoms with Crippen LogP contribution in [0, 0.1) is 5.82 Å². The summed E-state index contributed by atoms with van der Waals surface area (Å²) in [7, 11) is 0. The number of rotatable bonds is 8. The van der Waals surface area contributed by atoms with Crippen LogP contribution >= 0.6 is 0 Å². The zero-order valence-corrected chi connectivity index (χ0v) is 18.4. The Morgan fingerprint density at radius 3 is 2.52 bits per heavy atom. The molecule has 1 aromatic heterocycles. The number of amides is 1. The van der Waals surface area contributed by atoms with E-state index >= 15 is 0 Å². The molecule has 0 radical (unpaired) electrons. The van der Waals surface area contributed by atoms with Crippen LogP contribution in [-0.2, 0) is 11.3 Å². The van der Waals surface area contributed by atoms with E-state index in [0.29, 0.717) is 19.6 Å². The van der Waals surface area contributed by atoms with Crippen LogP contribution in [0.3, 0.4) is 0 Å². The van der Waals surface area contributed by atoms with Crippen molar-refractivity contribution in [3.8, 4) is 5.75 Å². The van der Waals surface area contributed by atoms with Crippen molar-refractivity contribution >= 4 is 22.6 Å². The zero-order chi connectivity index (χ0) is 22.6. The van der Waals surface area contributed by atoms with Gasteiger partial charge in [-0.25, -0.2) is 9.37 Å². The Hall–Kier alpha value is -3.67. The summed E-state index contributed by atoms with van der Waals surface area (Å²) in [6.07, 6.45) is 2.27. The summed E-state index contributed by atoms with van der Waals surface area (Å²) in [5.74, 6) is 1.56. The number of hydrogen-bond acceptors (Lipinski definition) is 3. The second kappa shape index (κ2) is 9.45. The summed E-state index contributed by atoms with van der Waals surface area (Å²) in [5.41, 5.74) is 2.76. The van der Waals surface area contributed by atoms with E-state index in [-0.39, 0.29) is 17.6 Å². The topological polar surface area (TPSA) is 47.4 Å². The lowest BCUT2D eigenvalue weighted by atomic mass is 10.1. The molecule has 1 aliphatic heterocycles. The fourth-order valence-electron chi connectivity index (χ4n) is 4.47. The van der Waals surface area contributed by atoms with Crippen LogP contribution in [0.1, 0.15) is 31.0 Å². The predicted octanol–water partition coefficient (Wildman–Crippen LogP) is 5.56. The van der Waals surface area contributed by atoms with Crippen molar-refractivity contribution < 1.29 is 13.9 Å². The van der Waals surface area contributed by atoms with Gasteiger partial charge in [-0.2, -0.15) is 0 Å². The van der Waals surface area contributed by atoms with Gasteiger partial charge in [0.2, 0.25) is 5.91 Å². The monoisotopic (exact) mass is 443 g/mol. The van der Waals surface area contributed by atoms with Crippen molar-refractivity contribution in [2.75, 3.05) is 18.1 Å². The molecule has 1 aliphatic rings. The average molecular weight is 444 g/mol. The van der Waals surface area contributed by atoms with Gasteiger partial charge in [-0.15, -0.1) is 0 Å². The number of unbranched alkanes of at least 4 members (excludes halogenated alkanes) is 1. The molecule has 168 valence electrons. The average Bonchev–Trinajstić information content (AvgIpc) is 3.41. The van der Waals surface area contributed by atoms with Crippen molar-refractivity contribution in [2.24, 2.45) is 0 Å². The maximum atomic E-state index is 13.3. The van der Waals surface area contributed by atoms with Gasteiger partial charge in [0.15, 0.2) is 0 Å². The van der Waals surface area contributed by atoms with Crippen LogP contribution in [-0.4, -0.2) is 28.6 Å². The molecule has 5 rings (SSSR count). The SMILES string of the molecule is O=C1C[C@@H](c2nc3ccccc3n2CCCCOc2ccccc2)CN1c1ccc(F)cc1. The van der Waals surface area contributed by atoms with E-state index in [0.717, 1.165) is 47.7 Å². The molecule has 0 spiro atoms. The summed E-state index contributed by atoms with van der Waals surface area (Å²) < 4.78 is 21.4. The van der Waals surface area contributed by atoms with Gasteiger partial charge in [0.05, 0.1) is 17.6 Å². The van der Waals surface area contributed by atoms with E-state index in [1.165, 1.54) is 12.1 Å². The minimum Gasteiger partial charge on any atom is -0.494 e. The van der Waals surface area contributed by atoms with Gasteiger partial charge in [0.25, 0.3) is 0 Å². The minimum absolute atomic E-state index is 0.00415. The lowest BCUT2D eigenvalue weighted by Gasteiger charge is -2.17. The molecule has 6 heteroatoms. The number of aromatic nitrogens is 2. The van der Waals surface area contributed by atoms with Crippen LogP contribution in [0.4, 0.5) is 10.1 Å². The first-order chi connectivity index (χ1) is 16.2. The maximum Gasteiger partial charge on any atom is 0.227 e. The highest BCUT2D eigenvalue weighted by Crippen LogP contribution is 2.33. The minimum atomic E-state index is -0.306. The molecule has 1 saturated heterocycles. The second-order valence-corrected chi connectivity index (χ2v) is 8.36. The quantitative estimate of drug-likeness (QED) is 0.335. The first-order valence-corrected chi connectivity index (χ1v) is 11.4. The molecule has 0 N–H and O–H groups in total. The van der Waals surface area contributed by atoms with E-state index < -0.39 is 0 Å². The highest BCUT2D eigenvalue weighted by molar-refractivity contribution is 5.96. The van der Waals surface area contributed by atoms with E-state index in [1.807, 2.05) is 48.5 Å². The number of para-hydroxylation sites is 3. The number of fused-ring (bicyclic) bond motifs is 1. The van der Waals surface area contributed by atoms with E-state index in [1.54, 1.807) is 17.0 Å². The Labute approximate surface area is 192 Å². The third kappa shape index (κ3) is 4.60. The lowest BCUT2D eigenvalue weighted by molar-refractivity contribution is -0.117. The molecule has 0 saturated carbocycles. The summed E-state index contributed by atoms with van der Waals surface area (Å²) >= 11 is 0. The van der Waals surface area contributed by atoms with E-state index in [4.69, 9.17) is 9.72 Å². The normalized spacial score (nSPS) is 16.0. The van der Waals surface area contributed by atoms with E-state index in [9.17, 15) is 9.18 Å². The molecule has 33 heavy (non-hydrogen) atoms. The van der Waals surface area contributed by atoms with Crippen LogP contribution in [0.2, 0.25) is 0 Å². The molecule has 1 atom stereocenters. The zero-order valence-electron chi connectivity index (χ0n) is 18.4. The Morgan fingerprint density at radius 1 is 0.939 bits per heavy atom. The molecule has 4 aromatic rings. The number of ether oxygens (including phenoxy) is 1. The summed E-state index contributed by atoms with van der Waals surface area (Å²) in [5, 5.41) is 0. The fourth-order valence-corrected chi connectivity index (χ4v) is 4.47. The number of aryl methyl sites for hydroxylation is 1. The lowest BCUT2D eigenvalue weighted by Crippen LogP contribution is -2.24. The first-order valence-electron chi connectivity index (χ1n) is 11.4. The van der Waals surface area contributed by atoms with Crippen LogP contribution in [0.15, 0.2) is 78.9 Å². The van der Waals surface area contributed by atoms with Gasteiger partial charge < -0.3 is 14.2 Å². The molecule has 3 aromatic carbocycles. The van der Waals surface area contributed by atoms with Crippen molar-refractivity contribution in [3.05, 3.63) is 90.5 Å². The highest BCUT2D eigenvalue weighted by Gasteiger charge is 2.34. The Balaban J connectivity index is 1.30. The largest absolute Gasteiger partial charge is 0.494 e. The smallest absolute Gasteiger partial charge is 0.227 e. The second-order valence-electron chi connectivity index (χ2n) is 8.36. The Morgan fingerprint density at radius 2 is 1.70 bits per heavy atom. The van der Waals surface area contributed by atoms with Crippen molar-refractivity contribution in [1.29, 1.82) is 0 Å². The molecule has 1 amide bonds. The molecule has 1 fully saturated rings. The number of benzene rings is 3. The number of carbonyl (C=O) groups is 1. The molecular weight excluding hydrogens is 417 g/mol. The molecule has 0 bridgehead atoms. The van der Waals surface area contributed by atoms with Gasteiger partial charge in [0, 0.05) is 31.1 Å². The summed E-state index contributed by atoms with van der Waals surface area (Å²) in [6, 6.07) is 24.1. The first kappa shape index (κ1) is 21.2. The van der Waals surface area contributed by atoms with Gasteiger partial charge in [-0.1, -0.05) is 30.3 Å². The number of halogens is 1. The molecule has 0 unspecified atom stereocenters. The van der Waals surface area contributed by atoms with Gasteiger partial charge in [-0.05, 0) is 61.4 Å². The fraction of sp³-hybridized carbons (Fsp3) is 0.259. The standard InChI is InChI=1S/C27H26FN3O2/c28-21-12-14-22(15-13-21)31-19-20(18-26(31)32)27-29-24-10-4-5-11-25(24)30(27)16-6-7-17-33-23-8-2-1-3-9-23/h1-5,8-15,20H,6-7,16-19H2/t20-/m1/s1. The number of anilines is 1. The Bertz CT molecular complexity index is 1240. The summed E-state index contributed by atoms with van der Waals surface area (Å²) in [6.45, 7) is 2.02. The predicted molar refractivity (Wildman–Crippen MR) is 127 cm³/mol. The third-order valence-corrected chi connectivity index (χ3v) is 6.10. The van der Waals surface area contributed by atoms with Crippen LogP contribution in [0.5, 0.6) is 5.75 Å². The number of imidazole rings is 1. The number of carbonyl (C=O) groups excluding carboxylic acids is 1.